The summed E-state index contributed by atoms with van der Waals surface area (Å²) in [5.41, 5.74) is 0.611. The summed E-state index contributed by atoms with van der Waals surface area (Å²) in [6.45, 7) is 0.824. The van der Waals surface area contributed by atoms with E-state index in [1.807, 2.05) is 30.3 Å². The summed E-state index contributed by atoms with van der Waals surface area (Å²) in [5, 5.41) is 12.0. The van der Waals surface area contributed by atoms with Gasteiger partial charge < -0.3 is 10.0 Å². The molecule has 1 aromatic carbocycles. The Morgan fingerprint density at radius 3 is 2.65 bits per heavy atom. The molecule has 1 aliphatic heterocycles. The van der Waals surface area contributed by atoms with Gasteiger partial charge in [-0.25, -0.2) is 0 Å². The van der Waals surface area contributed by atoms with Gasteiger partial charge in [-0.3, -0.25) is 4.79 Å². The van der Waals surface area contributed by atoms with Crippen molar-refractivity contribution in [2.24, 2.45) is 5.18 Å². The highest BCUT2D eigenvalue weighted by molar-refractivity contribution is 5.94. The summed E-state index contributed by atoms with van der Waals surface area (Å²) in [6, 6.07) is 9.47. The van der Waals surface area contributed by atoms with Crippen LogP contribution < -0.4 is 0 Å². The topological polar surface area (TPSA) is 70.0 Å². The molecule has 0 spiro atoms. The number of hydrogen-bond acceptors (Lipinski definition) is 4. The normalized spacial score (nSPS) is 16.2. The van der Waals surface area contributed by atoms with Gasteiger partial charge in [-0.1, -0.05) is 30.3 Å². The highest BCUT2D eigenvalue weighted by atomic mass is 16.3. The van der Waals surface area contributed by atoms with E-state index in [0.29, 0.717) is 13.1 Å². The second-order valence-corrected chi connectivity index (χ2v) is 3.85. The molecule has 5 nitrogen and oxygen atoms in total. The number of carbonyl (C=O) groups is 1. The highest BCUT2D eigenvalue weighted by Gasteiger charge is 2.28. The molecule has 0 radical (unpaired) electrons. The van der Waals surface area contributed by atoms with E-state index in [1.54, 1.807) is 0 Å². The molecule has 1 aromatic rings. The third-order valence-electron chi connectivity index (χ3n) is 2.69. The maximum absolute atomic E-state index is 11.8. The van der Waals surface area contributed by atoms with E-state index < -0.39 is 5.91 Å². The van der Waals surface area contributed by atoms with E-state index in [0.717, 1.165) is 5.56 Å². The molecule has 88 valence electrons. The molecule has 0 saturated heterocycles. The van der Waals surface area contributed by atoms with Crippen molar-refractivity contribution in [3.8, 4) is 0 Å². The molecule has 1 amide bonds. The molecule has 1 aliphatic rings. The van der Waals surface area contributed by atoms with Crippen molar-refractivity contribution in [1.29, 1.82) is 0 Å². The van der Waals surface area contributed by atoms with Crippen LogP contribution in [0.25, 0.3) is 0 Å². The Morgan fingerprint density at radius 1 is 1.29 bits per heavy atom. The van der Waals surface area contributed by atoms with Crippen LogP contribution in [0.4, 0.5) is 0 Å². The van der Waals surface area contributed by atoms with Gasteiger partial charge in [0.25, 0.3) is 5.91 Å². The Bertz CT molecular complexity index is 468. The monoisotopic (exact) mass is 232 g/mol. The third kappa shape index (κ3) is 2.33. The fourth-order valence-corrected chi connectivity index (χ4v) is 1.78. The van der Waals surface area contributed by atoms with Crippen molar-refractivity contribution >= 4 is 5.91 Å². The summed E-state index contributed by atoms with van der Waals surface area (Å²) in [5.74, 6) is -0.720. The predicted molar refractivity (Wildman–Crippen MR) is 61.9 cm³/mol. The van der Waals surface area contributed by atoms with Gasteiger partial charge >= 0.3 is 0 Å². The van der Waals surface area contributed by atoms with Crippen molar-refractivity contribution in [2.75, 3.05) is 6.54 Å². The number of nitrogens with zero attached hydrogens (tertiary/aromatic N) is 2. The van der Waals surface area contributed by atoms with Gasteiger partial charge in [0.2, 0.25) is 5.70 Å². The number of amides is 1. The molecule has 0 unspecified atom stereocenters. The summed E-state index contributed by atoms with van der Waals surface area (Å²) >= 11 is 0. The minimum absolute atomic E-state index is 0.214. The minimum Gasteiger partial charge on any atom is -0.510 e. The van der Waals surface area contributed by atoms with Crippen LogP contribution in [0.3, 0.4) is 0 Å². The van der Waals surface area contributed by atoms with Crippen LogP contribution >= 0.6 is 0 Å². The van der Waals surface area contributed by atoms with Crippen LogP contribution in [0, 0.1) is 4.91 Å². The molecule has 1 heterocycles. The van der Waals surface area contributed by atoms with Crippen molar-refractivity contribution in [3.05, 3.63) is 52.3 Å². The van der Waals surface area contributed by atoms with Crippen molar-refractivity contribution in [2.45, 2.75) is 13.0 Å². The van der Waals surface area contributed by atoms with E-state index in [2.05, 4.69) is 5.18 Å². The van der Waals surface area contributed by atoms with Crippen LogP contribution in [0.5, 0.6) is 0 Å². The van der Waals surface area contributed by atoms with Crippen molar-refractivity contribution in [1.82, 2.24) is 4.90 Å². The van der Waals surface area contributed by atoms with Gasteiger partial charge in [0.1, 0.15) is 5.76 Å². The van der Waals surface area contributed by atoms with Gasteiger partial charge in [0.05, 0.1) is 0 Å². The zero-order valence-electron chi connectivity index (χ0n) is 9.17. The quantitative estimate of drug-likeness (QED) is 0.810. The van der Waals surface area contributed by atoms with Crippen LogP contribution in [0.2, 0.25) is 0 Å². The zero-order valence-corrected chi connectivity index (χ0v) is 9.17. The number of aliphatic hydroxyl groups excluding tert-OH is 1. The summed E-state index contributed by atoms with van der Waals surface area (Å²) in [7, 11) is 0. The van der Waals surface area contributed by atoms with Gasteiger partial charge in [-0.2, -0.15) is 0 Å². The molecular formula is C12H12N2O3. The van der Waals surface area contributed by atoms with E-state index >= 15 is 0 Å². The molecule has 0 aromatic heterocycles. The van der Waals surface area contributed by atoms with E-state index in [4.69, 9.17) is 0 Å². The minimum atomic E-state index is -0.507. The Labute approximate surface area is 98.3 Å². The standard InChI is InChI=1S/C12H12N2O3/c15-10-6-7-14(12(16)11(10)13-17)8-9-4-2-1-3-5-9/h1-5,15H,6-8H2. The Hall–Kier alpha value is -2.17. The zero-order chi connectivity index (χ0) is 12.3. The lowest BCUT2D eigenvalue weighted by Gasteiger charge is -2.26. The predicted octanol–water partition coefficient (Wildman–Crippen LogP) is 1.95. The second-order valence-electron chi connectivity index (χ2n) is 3.85. The lowest BCUT2D eigenvalue weighted by molar-refractivity contribution is -0.129. The molecule has 0 aliphatic carbocycles. The number of benzene rings is 1. The molecule has 2 rings (SSSR count). The summed E-state index contributed by atoms with van der Waals surface area (Å²) < 4.78 is 0. The lowest BCUT2D eigenvalue weighted by atomic mass is 10.1. The Balaban J connectivity index is 2.15. The lowest BCUT2D eigenvalue weighted by Crippen LogP contribution is -2.36. The highest BCUT2D eigenvalue weighted by Crippen LogP contribution is 2.19. The maximum atomic E-state index is 11.8. The van der Waals surface area contributed by atoms with E-state index in [9.17, 15) is 14.8 Å². The average Bonchev–Trinajstić information content (AvgIpc) is 2.35. The molecule has 17 heavy (non-hydrogen) atoms. The average molecular weight is 232 g/mol. The van der Waals surface area contributed by atoms with Crippen molar-refractivity contribution < 1.29 is 9.90 Å². The number of aliphatic hydroxyl groups is 1. The first kappa shape index (κ1) is 11.3. The molecule has 0 bridgehead atoms. The summed E-state index contributed by atoms with van der Waals surface area (Å²) in [6.07, 6.45) is 0.277. The smallest absolute Gasteiger partial charge is 0.279 e. The fourth-order valence-electron chi connectivity index (χ4n) is 1.78. The molecule has 0 saturated carbocycles. The molecule has 0 atom stereocenters. The van der Waals surface area contributed by atoms with E-state index in [-0.39, 0.29) is 17.9 Å². The number of carbonyl (C=O) groups excluding carboxylic acids is 1. The van der Waals surface area contributed by atoms with Crippen LogP contribution in [-0.4, -0.2) is 22.5 Å². The SMILES string of the molecule is O=NC1=C(O)CCN(Cc2ccccc2)C1=O. The third-order valence-corrected chi connectivity index (χ3v) is 2.69. The second kappa shape index (κ2) is 4.78. The van der Waals surface area contributed by atoms with Crippen LogP contribution in [0.1, 0.15) is 12.0 Å². The van der Waals surface area contributed by atoms with Crippen LogP contribution in [-0.2, 0) is 11.3 Å². The summed E-state index contributed by atoms with van der Waals surface area (Å²) in [4.78, 5) is 23.8. The van der Waals surface area contributed by atoms with E-state index in [1.165, 1.54) is 4.90 Å². The first-order valence-electron chi connectivity index (χ1n) is 5.31. The maximum Gasteiger partial charge on any atom is 0.279 e. The first-order chi connectivity index (χ1) is 8.22. The number of nitroso groups, excluding NO2 is 1. The first-order valence-corrected chi connectivity index (χ1v) is 5.31. The Kier molecular flexibility index (Phi) is 3.18. The number of rotatable bonds is 3. The molecule has 1 N–H and O–H groups in total. The van der Waals surface area contributed by atoms with Gasteiger partial charge in [0, 0.05) is 19.5 Å². The van der Waals surface area contributed by atoms with Gasteiger partial charge in [-0.05, 0) is 10.7 Å². The molecular weight excluding hydrogens is 220 g/mol. The fraction of sp³-hybridized carbons (Fsp3) is 0.250. The van der Waals surface area contributed by atoms with Crippen molar-refractivity contribution in [3.63, 3.8) is 0 Å². The Morgan fingerprint density at radius 2 is 2.00 bits per heavy atom. The van der Waals surface area contributed by atoms with Gasteiger partial charge in [-0.15, -0.1) is 4.91 Å². The molecule has 5 heteroatoms. The number of hydrogen-bond donors (Lipinski definition) is 1. The largest absolute Gasteiger partial charge is 0.510 e. The molecule has 0 fully saturated rings. The van der Waals surface area contributed by atoms with Crippen LogP contribution in [0.15, 0.2) is 47.0 Å². The van der Waals surface area contributed by atoms with Gasteiger partial charge in [0.15, 0.2) is 0 Å².